The van der Waals surface area contributed by atoms with E-state index < -0.39 is 0 Å². The molecule has 26 heavy (non-hydrogen) atoms. The second kappa shape index (κ2) is 8.19. The fourth-order valence-electron chi connectivity index (χ4n) is 3.42. The largest absolute Gasteiger partial charge is 0.497 e. The number of nitrogens with zero attached hydrogens (tertiary/aromatic N) is 1. The number of carbonyl (C=O) groups excluding carboxylic acids is 1. The van der Waals surface area contributed by atoms with Crippen molar-refractivity contribution in [3.05, 3.63) is 53.8 Å². The minimum Gasteiger partial charge on any atom is -0.497 e. The van der Waals surface area contributed by atoms with Gasteiger partial charge in [-0.3, -0.25) is 9.69 Å². The van der Waals surface area contributed by atoms with E-state index in [2.05, 4.69) is 10.2 Å². The zero-order valence-corrected chi connectivity index (χ0v) is 15.0. The van der Waals surface area contributed by atoms with Crippen LogP contribution in [-0.2, 0) is 4.79 Å². The Balaban J connectivity index is 1.73. The van der Waals surface area contributed by atoms with Crippen molar-refractivity contribution in [1.82, 2.24) is 4.90 Å². The summed E-state index contributed by atoms with van der Waals surface area (Å²) in [6, 6.07) is 11.7. The number of rotatable bonds is 6. The Morgan fingerprint density at radius 1 is 1.23 bits per heavy atom. The average molecular weight is 358 g/mol. The lowest BCUT2D eigenvalue weighted by atomic mass is 10.0. The van der Waals surface area contributed by atoms with Crippen molar-refractivity contribution in [2.24, 2.45) is 0 Å². The van der Waals surface area contributed by atoms with Crippen LogP contribution in [0.1, 0.15) is 24.4 Å². The summed E-state index contributed by atoms with van der Waals surface area (Å²) < 4.78 is 24.1. The van der Waals surface area contributed by atoms with Gasteiger partial charge in [0.25, 0.3) is 0 Å². The number of amides is 1. The van der Waals surface area contributed by atoms with E-state index in [9.17, 15) is 9.18 Å². The van der Waals surface area contributed by atoms with Gasteiger partial charge >= 0.3 is 0 Å². The Hall–Kier alpha value is -2.60. The van der Waals surface area contributed by atoms with E-state index in [0.717, 1.165) is 36.4 Å². The highest BCUT2D eigenvalue weighted by atomic mass is 19.1. The maximum atomic E-state index is 13.3. The van der Waals surface area contributed by atoms with Gasteiger partial charge in [-0.1, -0.05) is 6.07 Å². The Bertz CT molecular complexity index is 781. The molecule has 1 heterocycles. The molecule has 0 aromatic heterocycles. The predicted octanol–water partition coefficient (Wildman–Crippen LogP) is 3.62. The Labute approximate surface area is 152 Å². The van der Waals surface area contributed by atoms with E-state index >= 15 is 0 Å². The molecule has 0 spiro atoms. The van der Waals surface area contributed by atoms with Gasteiger partial charge in [0.15, 0.2) is 0 Å². The van der Waals surface area contributed by atoms with Gasteiger partial charge in [-0.2, -0.15) is 0 Å². The number of carbonyl (C=O) groups is 1. The molecule has 0 unspecified atom stereocenters. The van der Waals surface area contributed by atoms with E-state index in [1.165, 1.54) is 12.1 Å². The highest BCUT2D eigenvalue weighted by Gasteiger charge is 2.30. The van der Waals surface area contributed by atoms with E-state index in [1.807, 2.05) is 18.2 Å². The minimum atomic E-state index is -0.372. The van der Waals surface area contributed by atoms with Crippen LogP contribution >= 0.6 is 0 Å². The summed E-state index contributed by atoms with van der Waals surface area (Å²) in [5.41, 5.74) is 1.48. The minimum absolute atomic E-state index is 0.0818. The van der Waals surface area contributed by atoms with Gasteiger partial charge in [0.1, 0.15) is 17.3 Å². The summed E-state index contributed by atoms with van der Waals surface area (Å²) in [5.74, 6) is 1.01. The van der Waals surface area contributed by atoms with Gasteiger partial charge in [0.05, 0.1) is 20.8 Å². The third-order valence-corrected chi connectivity index (χ3v) is 4.61. The SMILES string of the molecule is COc1ccc(OC)c([C@H]2CCCN2CC(=O)Nc2cccc(F)c2)c1. The number of ether oxygens (including phenoxy) is 2. The molecule has 138 valence electrons. The highest BCUT2D eigenvalue weighted by Crippen LogP contribution is 2.38. The summed E-state index contributed by atoms with van der Waals surface area (Å²) in [6.07, 6.45) is 1.94. The summed E-state index contributed by atoms with van der Waals surface area (Å²) in [7, 11) is 3.27. The number of nitrogens with one attached hydrogen (secondary N) is 1. The maximum Gasteiger partial charge on any atom is 0.238 e. The fraction of sp³-hybridized carbons (Fsp3) is 0.350. The van der Waals surface area contributed by atoms with Crippen LogP contribution in [0.2, 0.25) is 0 Å². The maximum absolute atomic E-state index is 13.3. The Morgan fingerprint density at radius 3 is 2.81 bits per heavy atom. The van der Waals surface area contributed by atoms with Crippen LogP contribution in [0.25, 0.3) is 0 Å². The van der Waals surface area contributed by atoms with Gasteiger partial charge < -0.3 is 14.8 Å². The molecule has 1 amide bonds. The number of anilines is 1. The quantitative estimate of drug-likeness (QED) is 0.857. The normalized spacial score (nSPS) is 17.1. The first-order valence-electron chi connectivity index (χ1n) is 8.62. The van der Waals surface area contributed by atoms with Crippen LogP contribution in [0.15, 0.2) is 42.5 Å². The molecular formula is C20H23FN2O3. The molecule has 1 atom stereocenters. The first-order valence-corrected chi connectivity index (χ1v) is 8.62. The third-order valence-electron chi connectivity index (χ3n) is 4.61. The Kier molecular flexibility index (Phi) is 5.73. The van der Waals surface area contributed by atoms with E-state index in [4.69, 9.17) is 9.47 Å². The van der Waals surface area contributed by atoms with Gasteiger partial charge in [-0.25, -0.2) is 4.39 Å². The topological polar surface area (TPSA) is 50.8 Å². The number of likely N-dealkylation sites (tertiary alicyclic amines) is 1. The number of methoxy groups -OCH3 is 2. The molecule has 0 aliphatic carbocycles. The van der Waals surface area contributed by atoms with E-state index in [1.54, 1.807) is 26.4 Å². The lowest BCUT2D eigenvalue weighted by molar-refractivity contribution is -0.117. The van der Waals surface area contributed by atoms with Gasteiger partial charge in [0.2, 0.25) is 5.91 Å². The van der Waals surface area contributed by atoms with E-state index in [0.29, 0.717) is 5.69 Å². The first-order chi connectivity index (χ1) is 12.6. The summed E-state index contributed by atoms with van der Waals surface area (Å²) in [6.45, 7) is 1.06. The molecule has 2 aromatic rings. The molecule has 0 radical (unpaired) electrons. The first kappa shape index (κ1) is 18.2. The predicted molar refractivity (Wildman–Crippen MR) is 98.1 cm³/mol. The fourth-order valence-corrected chi connectivity index (χ4v) is 3.42. The molecule has 1 aliphatic heterocycles. The van der Waals surface area contributed by atoms with Crippen LogP contribution in [0.4, 0.5) is 10.1 Å². The molecule has 2 aromatic carbocycles. The van der Waals surface area contributed by atoms with Crippen molar-refractivity contribution in [2.75, 3.05) is 32.6 Å². The van der Waals surface area contributed by atoms with Gasteiger partial charge in [0, 0.05) is 17.3 Å². The van der Waals surface area contributed by atoms with Crippen molar-refractivity contribution < 1.29 is 18.7 Å². The number of halogens is 1. The van der Waals surface area contributed by atoms with Crippen LogP contribution in [0.3, 0.4) is 0 Å². The third kappa shape index (κ3) is 4.14. The summed E-state index contributed by atoms with van der Waals surface area (Å²) in [5, 5.41) is 2.76. The highest BCUT2D eigenvalue weighted by molar-refractivity contribution is 5.92. The number of hydrogen-bond donors (Lipinski definition) is 1. The zero-order valence-electron chi connectivity index (χ0n) is 15.0. The van der Waals surface area contributed by atoms with Crippen LogP contribution in [0.5, 0.6) is 11.5 Å². The van der Waals surface area contributed by atoms with Crippen molar-refractivity contribution in [3.63, 3.8) is 0 Å². The molecule has 1 saturated heterocycles. The standard InChI is InChI=1S/C20H23FN2O3/c1-25-16-8-9-19(26-2)17(12-16)18-7-4-10-23(18)13-20(24)22-15-6-3-5-14(21)11-15/h3,5-6,8-9,11-12,18H,4,7,10,13H2,1-2H3,(H,22,24)/t18-/m1/s1. The number of benzene rings is 2. The molecule has 0 saturated carbocycles. The second-order valence-electron chi connectivity index (χ2n) is 6.29. The van der Waals surface area contributed by atoms with Crippen molar-refractivity contribution >= 4 is 11.6 Å². The summed E-state index contributed by atoms with van der Waals surface area (Å²) in [4.78, 5) is 14.5. The van der Waals surface area contributed by atoms with Crippen molar-refractivity contribution in [2.45, 2.75) is 18.9 Å². The Morgan fingerprint density at radius 2 is 2.08 bits per heavy atom. The molecule has 5 nitrogen and oxygen atoms in total. The molecule has 1 fully saturated rings. The molecule has 3 rings (SSSR count). The van der Waals surface area contributed by atoms with Crippen LogP contribution in [0, 0.1) is 5.82 Å². The molecule has 1 N–H and O–H groups in total. The van der Waals surface area contributed by atoms with E-state index in [-0.39, 0.29) is 24.3 Å². The summed E-state index contributed by atoms with van der Waals surface area (Å²) >= 11 is 0. The smallest absolute Gasteiger partial charge is 0.238 e. The molecule has 0 bridgehead atoms. The van der Waals surface area contributed by atoms with Crippen LogP contribution < -0.4 is 14.8 Å². The average Bonchev–Trinajstić information content (AvgIpc) is 3.08. The van der Waals surface area contributed by atoms with Crippen molar-refractivity contribution in [1.29, 1.82) is 0 Å². The molecule has 1 aliphatic rings. The van der Waals surface area contributed by atoms with Gasteiger partial charge in [-0.05, 0) is 55.8 Å². The number of hydrogen-bond acceptors (Lipinski definition) is 4. The lowest BCUT2D eigenvalue weighted by Crippen LogP contribution is -2.33. The molecule has 6 heteroatoms. The zero-order chi connectivity index (χ0) is 18.5. The van der Waals surface area contributed by atoms with Gasteiger partial charge in [-0.15, -0.1) is 0 Å². The molecular weight excluding hydrogens is 335 g/mol. The van der Waals surface area contributed by atoms with Crippen LogP contribution in [-0.4, -0.2) is 38.1 Å². The second-order valence-corrected chi connectivity index (χ2v) is 6.29. The monoisotopic (exact) mass is 358 g/mol. The van der Waals surface area contributed by atoms with Crippen molar-refractivity contribution in [3.8, 4) is 11.5 Å². The lowest BCUT2D eigenvalue weighted by Gasteiger charge is -2.26.